The quantitative estimate of drug-likeness (QED) is 0.529. The monoisotopic (exact) mass is 132 g/mol. The Balaban J connectivity index is 2.62. The molecule has 1 N–H and O–H groups in total. The molecular formula is C7H13FO. The van der Waals surface area contributed by atoms with Crippen molar-refractivity contribution in [3.63, 3.8) is 0 Å². The molecule has 0 aromatic rings. The second kappa shape index (κ2) is 1.94. The summed E-state index contributed by atoms with van der Waals surface area (Å²) in [7, 11) is 0. The highest BCUT2D eigenvalue weighted by Gasteiger charge is 2.40. The first-order valence-corrected chi connectivity index (χ1v) is 3.36. The molecule has 1 nitrogen and oxygen atoms in total. The molecule has 1 fully saturated rings. The van der Waals surface area contributed by atoms with E-state index in [-0.39, 0.29) is 5.41 Å². The SMILES string of the molecule is CC1(C)CCC(F)C1O. The average Bonchev–Trinajstić information content (AvgIpc) is 1.97. The summed E-state index contributed by atoms with van der Waals surface area (Å²) in [6, 6.07) is 0. The number of hydrogen-bond donors (Lipinski definition) is 1. The highest BCUT2D eigenvalue weighted by atomic mass is 19.1. The van der Waals surface area contributed by atoms with Crippen LogP contribution in [0.2, 0.25) is 0 Å². The first-order chi connectivity index (χ1) is 4.04. The molecule has 1 rings (SSSR count). The molecule has 1 saturated carbocycles. The molecule has 54 valence electrons. The van der Waals surface area contributed by atoms with Crippen LogP contribution in [0.5, 0.6) is 0 Å². The van der Waals surface area contributed by atoms with E-state index in [1.54, 1.807) is 0 Å². The Hall–Kier alpha value is -0.110. The molecule has 0 aromatic carbocycles. The van der Waals surface area contributed by atoms with Crippen molar-refractivity contribution in [2.24, 2.45) is 5.41 Å². The smallest absolute Gasteiger partial charge is 0.126 e. The Morgan fingerprint density at radius 1 is 1.56 bits per heavy atom. The summed E-state index contributed by atoms with van der Waals surface area (Å²) < 4.78 is 12.6. The van der Waals surface area contributed by atoms with Crippen LogP contribution < -0.4 is 0 Å². The predicted molar refractivity (Wildman–Crippen MR) is 33.9 cm³/mol. The third-order valence-corrected chi connectivity index (χ3v) is 2.21. The predicted octanol–water partition coefficient (Wildman–Crippen LogP) is 1.51. The number of rotatable bonds is 0. The van der Waals surface area contributed by atoms with Crippen molar-refractivity contribution in [1.82, 2.24) is 0 Å². The lowest BCUT2D eigenvalue weighted by atomic mass is 9.89. The Morgan fingerprint density at radius 2 is 2.11 bits per heavy atom. The number of hydrogen-bond acceptors (Lipinski definition) is 1. The van der Waals surface area contributed by atoms with E-state index in [1.165, 1.54) is 0 Å². The van der Waals surface area contributed by atoms with Crippen LogP contribution >= 0.6 is 0 Å². The van der Waals surface area contributed by atoms with Gasteiger partial charge in [-0.2, -0.15) is 0 Å². The summed E-state index contributed by atoms with van der Waals surface area (Å²) in [5, 5.41) is 9.15. The van der Waals surface area contributed by atoms with Crippen LogP contribution in [0, 0.1) is 5.41 Å². The van der Waals surface area contributed by atoms with Gasteiger partial charge in [-0.25, -0.2) is 4.39 Å². The van der Waals surface area contributed by atoms with Crippen molar-refractivity contribution in [3.8, 4) is 0 Å². The molecule has 0 radical (unpaired) electrons. The molecule has 2 atom stereocenters. The maximum Gasteiger partial charge on any atom is 0.126 e. The number of aliphatic hydroxyl groups is 1. The largest absolute Gasteiger partial charge is 0.390 e. The van der Waals surface area contributed by atoms with E-state index < -0.39 is 12.3 Å². The fraction of sp³-hybridized carbons (Fsp3) is 1.00. The van der Waals surface area contributed by atoms with E-state index in [9.17, 15) is 4.39 Å². The average molecular weight is 132 g/mol. The second-order valence-corrected chi connectivity index (χ2v) is 3.49. The van der Waals surface area contributed by atoms with Gasteiger partial charge in [-0.3, -0.25) is 0 Å². The third kappa shape index (κ3) is 1.08. The summed E-state index contributed by atoms with van der Waals surface area (Å²) in [5.41, 5.74) is -0.195. The fourth-order valence-corrected chi connectivity index (χ4v) is 1.31. The molecule has 0 heterocycles. The second-order valence-electron chi connectivity index (χ2n) is 3.49. The summed E-state index contributed by atoms with van der Waals surface area (Å²) in [5.74, 6) is 0. The summed E-state index contributed by atoms with van der Waals surface area (Å²) in [6.07, 6.45) is -0.402. The molecule has 1 aliphatic carbocycles. The third-order valence-electron chi connectivity index (χ3n) is 2.21. The van der Waals surface area contributed by atoms with Gasteiger partial charge in [0.2, 0.25) is 0 Å². The van der Waals surface area contributed by atoms with Gasteiger partial charge in [0.15, 0.2) is 0 Å². The number of aliphatic hydroxyl groups excluding tert-OH is 1. The van der Waals surface area contributed by atoms with Gasteiger partial charge < -0.3 is 5.11 Å². The number of halogens is 1. The molecule has 0 bridgehead atoms. The molecule has 1 aliphatic rings. The Morgan fingerprint density at radius 3 is 2.22 bits per heavy atom. The molecule has 0 aromatic heterocycles. The summed E-state index contributed by atoms with van der Waals surface area (Å²) in [4.78, 5) is 0. The molecule has 0 spiro atoms. The molecule has 2 heteroatoms. The highest BCUT2D eigenvalue weighted by molar-refractivity contribution is 4.90. The lowest BCUT2D eigenvalue weighted by molar-refractivity contribution is 0.0308. The van der Waals surface area contributed by atoms with E-state index in [0.717, 1.165) is 6.42 Å². The minimum absolute atomic E-state index is 0.195. The molecular weight excluding hydrogens is 119 g/mol. The van der Waals surface area contributed by atoms with Crippen LogP contribution in [-0.4, -0.2) is 17.4 Å². The molecule has 0 aliphatic heterocycles. The van der Waals surface area contributed by atoms with Gasteiger partial charge in [-0.1, -0.05) is 13.8 Å². The van der Waals surface area contributed by atoms with Gasteiger partial charge >= 0.3 is 0 Å². The Kier molecular flexibility index (Phi) is 1.51. The fourth-order valence-electron chi connectivity index (χ4n) is 1.31. The van der Waals surface area contributed by atoms with Gasteiger partial charge in [0.25, 0.3) is 0 Å². The van der Waals surface area contributed by atoms with E-state index in [2.05, 4.69) is 0 Å². The molecule has 9 heavy (non-hydrogen) atoms. The van der Waals surface area contributed by atoms with Crippen molar-refractivity contribution in [3.05, 3.63) is 0 Å². The highest BCUT2D eigenvalue weighted by Crippen LogP contribution is 2.38. The summed E-state index contributed by atoms with van der Waals surface area (Å²) >= 11 is 0. The minimum Gasteiger partial charge on any atom is -0.390 e. The van der Waals surface area contributed by atoms with Gasteiger partial charge in [0, 0.05) is 0 Å². The minimum atomic E-state index is -0.986. The van der Waals surface area contributed by atoms with Gasteiger partial charge in [0.1, 0.15) is 6.17 Å². The van der Waals surface area contributed by atoms with E-state index in [1.807, 2.05) is 13.8 Å². The zero-order valence-corrected chi connectivity index (χ0v) is 5.89. The van der Waals surface area contributed by atoms with Crippen LogP contribution in [0.15, 0.2) is 0 Å². The van der Waals surface area contributed by atoms with Gasteiger partial charge in [0.05, 0.1) is 6.10 Å². The van der Waals surface area contributed by atoms with Crippen LogP contribution in [0.25, 0.3) is 0 Å². The Labute approximate surface area is 54.9 Å². The first kappa shape index (κ1) is 7.00. The van der Waals surface area contributed by atoms with Crippen molar-refractivity contribution in [1.29, 1.82) is 0 Å². The Bertz CT molecular complexity index is 111. The number of alkyl halides is 1. The maximum absolute atomic E-state index is 12.6. The van der Waals surface area contributed by atoms with Crippen LogP contribution in [-0.2, 0) is 0 Å². The van der Waals surface area contributed by atoms with E-state index in [0.29, 0.717) is 6.42 Å². The normalized spacial score (nSPS) is 41.3. The van der Waals surface area contributed by atoms with Crippen molar-refractivity contribution < 1.29 is 9.50 Å². The summed E-state index contributed by atoms with van der Waals surface area (Å²) in [6.45, 7) is 3.80. The first-order valence-electron chi connectivity index (χ1n) is 3.36. The van der Waals surface area contributed by atoms with Gasteiger partial charge in [-0.05, 0) is 18.3 Å². The molecule has 2 unspecified atom stereocenters. The topological polar surface area (TPSA) is 20.2 Å². The van der Waals surface area contributed by atoms with E-state index >= 15 is 0 Å². The zero-order valence-electron chi connectivity index (χ0n) is 5.89. The van der Waals surface area contributed by atoms with Crippen LogP contribution in [0.4, 0.5) is 4.39 Å². The lowest BCUT2D eigenvalue weighted by Gasteiger charge is -2.22. The van der Waals surface area contributed by atoms with Crippen LogP contribution in [0.3, 0.4) is 0 Å². The van der Waals surface area contributed by atoms with Crippen molar-refractivity contribution >= 4 is 0 Å². The molecule has 0 amide bonds. The van der Waals surface area contributed by atoms with Gasteiger partial charge in [-0.15, -0.1) is 0 Å². The molecule has 0 saturated heterocycles. The van der Waals surface area contributed by atoms with E-state index in [4.69, 9.17) is 5.11 Å². The van der Waals surface area contributed by atoms with Crippen molar-refractivity contribution in [2.45, 2.75) is 39.0 Å². The lowest BCUT2D eigenvalue weighted by Crippen LogP contribution is -2.28. The van der Waals surface area contributed by atoms with Crippen LogP contribution in [0.1, 0.15) is 26.7 Å². The van der Waals surface area contributed by atoms with Crippen molar-refractivity contribution in [2.75, 3.05) is 0 Å². The standard InChI is InChI=1S/C7H13FO/c1-7(2)4-3-5(8)6(7)9/h5-6,9H,3-4H2,1-2H3. The zero-order chi connectivity index (χ0) is 7.07. The maximum atomic E-state index is 12.6.